The third kappa shape index (κ3) is 293. The van der Waals surface area contributed by atoms with Gasteiger partial charge in [0.1, 0.15) is 0 Å². The van der Waals surface area contributed by atoms with E-state index in [2.05, 4.69) is 0 Å². The van der Waals surface area contributed by atoms with Crippen LogP contribution >= 0.6 is 0 Å². The van der Waals surface area contributed by atoms with Gasteiger partial charge < -0.3 is 32.9 Å². The summed E-state index contributed by atoms with van der Waals surface area (Å²) in [6.07, 6.45) is 0. The molecule has 0 rings (SSSR count). The minimum Gasteiger partial charge on any atom is -1.00 e. The summed E-state index contributed by atoms with van der Waals surface area (Å²) in [7, 11) is 0. The van der Waals surface area contributed by atoms with Crippen LogP contribution in [0.1, 0.15) is 0 Å². The van der Waals surface area contributed by atoms with Crippen LogP contribution in [0.25, 0.3) is 0 Å². The molecule has 0 aromatic heterocycles. The molecule has 0 aliphatic carbocycles. The van der Waals surface area contributed by atoms with Crippen molar-refractivity contribution >= 4 is 0 Å². The molecule has 0 nitrogen and oxygen atoms in total. The number of hydrogen-bond donors (Lipinski definition) is 0. The van der Waals surface area contributed by atoms with Gasteiger partial charge in [-0.25, -0.2) is 0 Å². The standard InChI is InChI=1S/7FH.W.Y/h7*1H;;/q;;;;;;;;+3/p-7. The molecule has 0 aliphatic rings. The summed E-state index contributed by atoms with van der Waals surface area (Å²) in [6.45, 7) is 0. The van der Waals surface area contributed by atoms with Crippen LogP contribution in [-0.2, 0) is 53.8 Å². The van der Waals surface area contributed by atoms with E-state index >= 15 is 0 Å². The van der Waals surface area contributed by atoms with Crippen molar-refractivity contribution in [3.63, 3.8) is 0 Å². The molecule has 0 aromatic carbocycles. The van der Waals surface area contributed by atoms with Gasteiger partial charge in [-0.15, -0.1) is 0 Å². The largest absolute Gasteiger partial charge is 3.00 e. The molecule has 0 aromatic rings. The monoisotopic (exact) mass is 406 g/mol. The number of hydrogen-bond acceptors (Lipinski definition) is 0. The van der Waals surface area contributed by atoms with Crippen molar-refractivity contribution in [2.45, 2.75) is 0 Å². The van der Waals surface area contributed by atoms with Gasteiger partial charge in [0, 0.05) is 21.1 Å². The normalized spacial score (nSPS) is 0. The third-order valence-corrected chi connectivity index (χ3v) is 0. The molecule has 9 heavy (non-hydrogen) atoms. The van der Waals surface area contributed by atoms with E-state index in [1.54, 1.807) is 0 Å². The van der Waals surface area contributed by atoms with Crippen molar-refractivity contribution in [3.8, 4) is 0 Å². The van der Waals surface area contributed by atoms with E-state index in [0.717, 1.165) is 0 Å². The summed E-state index contributed by atoms with van der Waals surface area (Å²) >= 11 is 0. The fourth-order valence-electron chi connectivity index (χ4n) is 0. The quantitative estimate of drug-likeness (QED) is 0.351. The summed E-state index contributed by atoms with van der Waals surface area (Å²) in [5.41, 5.74) is 0. The van der Waals surface area contributed by atoms with Crippen molar-refractivity contribution in [2.75, 3.05) is 0 Å². The Balaban J connectivity index is 0. The van der Waals surface area contributed by atoms with Crippen molar-refractivity contribution in [2.24, 2.45) is 0 Å². The molecule has 0 radical (unpaired) electrons. The zero-order chi connectivity index (χ0) is 0. The van der Waals surface area contributed by atoms with Crippen molar-refractivity contribution in [1.82, 2.24) is 0 Å². The van der Waals surface area contributed by atoms with Crippen LogP contribution in [0.5, 0.6) is 0 Å². The maximum Gasteiger partial charge on any atom is 3.00 e. The number of halogens is 7. The first kappa shape index (κ1) is 526. The second kappa shape index (κ2) is 378. The molecule has 62 valence electrons. The Morgan fingerprint density at radius 1 is 0.333 bits per heavy atom. The van der Waals surface area contributed by atoms with Gasteiger partial charge in [-0.2, -0.15) is 0 Å². The Labute approximate surface area is 86.2 Å². The molecule has 0 bridgehead atoms. The average molecular weight is 406 g/mol. The van der Waals surface area contributed by atoms with Crippen LogP contribution in [0, 0.1) is 0 Å². The van der Waals surface area contributed by atoms with Crippen LogP contribution in [0.15, 0.2) is 0 Å². The van der Waals surface area contributed by atoms with Gasteiger partial charge in [0.15, 0.2) is 0 Å². The first-order valence-electron chi connectivity index (χ1n) is 0. The predicted molar refractivity (Wildman–Crippen MR) is 0 cm³/mol. The van der Waals surface area contributed by atoms with E-state index < -0.39 is 0 Å². The molecule has 0 N–H and O–H groups in total. The Morgan fingerprint density at radius 3 is 0.333 bits per heavy atom. The Morgan fingerprint density at radius 2 is 0.333 bits per heavy atom. The molecular weight excluding hydrogens is 406 g/mol. The van der Waals surface area contributed by atoms with E-state index in [0.29, 0.717) is 0 Å². The molecular formula is F7WY-4. The van der Waals surface area contributed by atoms with Crippen LogP contribution in [-0.4, -0.2) is 0 Å². The molecule has 0 unspecified atom stereocenters. The topological polar surface area (TPSA) is 0 Å². The zero-order valence-electron chi connectivity index (χ0n) is 3.63. The van der Waals surface area contributed by atoms with Gasteiger partial charge in [-0.3, -0.25) is 0 Å². The Hall–Kier alpha value is 1.30. The van der Waals surface area contributed by atoms with Gasteiger partial charge in [0.05, 0.1) is 0 Å². The maximum atomic E-state index is 0. The van der Waals surface area contributed by atoms with Gasteiger partial charge >= 0.3 is 32.7 Å². The number of rotatable bonds is 0. The molecule has 9 heteroatoms. The third-order valence-electron chi connectivity index (χ3n) is 0. The van der Waals surface area contributed by atoms with E-state index in [-0.39, 0.29) is 86.7 Å². The molecule has 0 fully saturated rings. The van der Waals surface area contributed by atoms with Crippen molar-refractivity contribution in [3.05, 3.63) is 0 Å². The summed E-state index contributed by atoms with van der Waals surface area (Å²) < 4.78 is 0. The van der Waals surface area contributed by atoms with Crippen LogP contribution in [0.3, 0.4) is 0 Å². The first-order chi connectivity index (χ1) is 0. The summed E-state index contributed by atoms with van der Waals surface area (Å²) in [5.74, 6) is 0. The van der Waals surface area contributed by atoms with Crippen LogP contribution in [0.4, 0.5) is 0 Å². The molecule has 0 amide bonds. The fourth-order valence-corrected chi connectivity index (χ4v) is 0. The zero-order valence-corrected chi connectivity index (χ0v) is 9.40. The minimum absolute atomic E-state index is 0. The molecule has 0 aliphatic heterocycles. The summed E-state index contributed by atoms with van der Waals surface area (Å²) in [4.78, 5) is 0. The molecule has 0 spiro atoms. The van der Waals surface area contributed by atoms with Gasteiger partial charge in [0.25, 0.3) is 0 Å². The van der Waals surface area contributed by atoms with E-state index in [1.807, 2.05) is 0 Å². The Kier molecular flexibility index (Phi) is 22100. The minimum atomic E-state index is 0. The second-order valence-corrected chi connectivity index (χ2v) is 0. The molecule has 0 saturated heterocycles. The molecule has 0 atom stereocenters. The second-order valence-electron chi connectivity index (χ2n) is 0. The fraction of sp³-hybridized carbons (Fsp3) is 0. The van der Waals surface area contributed by atoms with Gasteiger partial charge in [-0.05, 0) is 0 Å². The smallest absolute Gasteiger partial charge is 1.00 e. The maximum absolute atomic E-state index is 0. The molecule has 0 heterocycles. The summed E-state index contributed by atoms with van der Waals surface area (Å²) in [5, 5.41) is 0. The van der Waals surface area contributed by atoms with E-state index in [1.165, 1.54) is 0 Å². The summed E-state index contributed by atoms with van der Waals surface area (Å²) in [6, 6.07) is 0. The first-order valence-corrected chi connectivity index (χ1v) is 0. The van der Waals surface area contributed by atoms with Crippen molar-refractivity contribution < 1.29 is 86.7 Å². The van der Waals surface area contributed by atoms with Gasteiger partial charge in [0.2, 0.25) is 0 Å². The predicted octanol–water partition coefficient (Wildman–Crippen LogP) is -21.0. The Bertz CT molecular complexity index is 8.88. The molecule has 0 saturated carbocycles. The average Bonchev–Trinajstić information content (AvgIpc) is 0. The van der Waals surface area contributed by atoms with Crippen LogP contribution in [0.2, 0.25) is 0 Å². The van der Waals surface area contributed by atoms with Crippen molar-refractivity contribution in [1.29, 1.82) is 0 Å². The van der Waals surface area contributed by atoms with Gasteiger partial charge in [-0.1, -0.05) is 0 Å². The van der Waals surface area contributed by atoms with E-state index in [9.17, 15) is 0 Å². The van der Waals surface area contributed by atoms with Crippen LogP contribution < -0.4 is 32.9 Å². The van der Waals surface area contributed by atoms with E-state index in [4.69, 9.17) is 0 Å². The SMILES string of the molecule is [F-].[F-].[F-].[F-].[F-].[F-].[F-].[W].[Y+3].